The van der Waals surface area contributed by atoms with Crippen LogP contribution >= 0.6 is 0 Å². The van der Waals surface area contributed by atoms with Crippen LogP contribution in [0.4, 0.5) is 26.3 Å². The van der Waals surface area contributed by atoms with Gasteiger partial charge in [-0.3, -0.25) is 0 Å². The Morgan fingerprint density at radius 1 is 0.724 bits per heavy atom. The molecule has 3 rings (SSSR count). The van der Waals surface area contributed by atoms with Gasteiger partial charge in [-0.25, -0.2) is 22.4 Å². The van der Waals surface area contributed by atoms with E-state index >= 15 is 4.39 Å². The summed E-state index contributed by atoms with van der Waals surface area (Å²) in [6.07, 6.45) is -0.591. The highest BCUT2D eigenvalue weighted by Gasteiger charge is 2.44. The van der Waals surface area contributed by atoms with E-state index in [4.69, 9.17) is 0 Å². The molecule has 0 aliphatic carbocycles. The minimum absolute atomic E-state index is 0.210. The van der Waals surface area contributed by atoms with Crippen LogP contribution in [0, 0.1) is 29.1 Å². The highest BCUT2D eigenvalue weighted by Crippen LogP contribution is 2.35. The summed E-state index contributed by atoms with van der Waals surface area (Å²) in [6.45, 7) is 0. The fourth-order valence-corrected chi connectivity index (χ4v) is 2.72. The Morgan fingerprint density at radius 3 is 1.69 bits per heavy atom. The molecule has 0 bridgehead atoms. The fourth-order valence-electron chi connectivity index (χ4n) is 2.72. The van der Waals surface area contributed by atoms with Crippen molar-refractivity contribution in [1.82, 2.24) is 0 Å². The topological polar surface area (TPSA) is 26.3 Å². The second kappa shape index (κ2) is 7.98. The van der Waals surface area contributed by atoms with Gasteiger partial charge in [-0.15, -0.1) is 0 Å². The van der Waals surface area contributed by atoms with Crippen molar-refractivity contribution in [3.63, 3.8) is 0 Å². The molecule has 0 unspecified atom stereocenters. The van der Waals surface area contributed by atoms with Crippen LogP contribution in [0.25, 0.3) is 0 Å². The van der Waals surface area contributed by atoms with Gasteiger partial charge in [-0.1, -0.05) is 60.7 Å². The average molecular weight is 410 g/mol. The van der Waals surface area contributed by atoms with Crippen LogP contribution in [0.15, 0.2) is 60.7 Å². The van der Waals surface area contributed by atoms with Crippen molar-refractivity contribution in [1.29, 1.82) is 0 Å². The van der Waals surface area contributed by atoms with Gasteiger partial charge in [0, 0.05) is 12.0 Å². The van der Waals surface area contributed by atoms with Gasteiger partial charge in [0.1, 0.15) is 0 Å². The number of halogens is 6. The molecule has 3 aromatic carbocycles. The zero-order valence-corrected chi connectivity index (χ0v) is 14.6. The molecule has 8 heteroatoms. The lowest BCUT2D eigenvalue weighted by Crippen LogP contribution is -2.37. The molecule has 0 fully saturated rings. The molecule has 0 heterocycles. The summed E-state index contributed by atoms with van der Waals surface area (Å²) in [6, 6.07) is 14.7. The summed E-state index contributed by atoms with van der Waals surface area (Å²) in [4.78, 5) is 12.6. The first kappa shape index (κ1) is 20.4. The standard InChI is InChI=1S/C21H12F6O2/c22-14-15(23)17(25)19(18(26)16(14)24)29-20(28)21(27,13-9-5-2-6-10-13)11-12-7-3-1-4-8-12/h1-10H,11H2/t21-/m1/s1. The van der Waals surface area contributed by atoms with Crippen molar-refractivity contribution in [2.75, 3.05) is 0 Å². The third-order valence-corrected chi connectivity index (χ3v) is 4.21. The first-order valence-corrected chi connectivity index (χ1v) is 8.27. The van der Waals surface area contributed by atoms with Gasteiger partial charge in [0.25, 0.3) is 0 Å². The predicted octanol–water partition coefficient (Wildman–Crippen LogP) is 5.40. The molecule has 29 heavy (non-hydrogen) atoms. The van der Waals surface area contributed by atoms with Crippen LogP contribution in [0.1, 0.15) is 11.1 Å². The normalized spacial score (nSPS) is 13.0. The largest absolute Gasteiger partial charge is 0.417 e. The third-order valence-electron chi connectivity index (χ3n) is 4.21. The first-order valence-electron chi connectivity index (χ1n) is 8.27. The maximum Gasteiger partial charge on any atom is 0.354 e. The molecular formula is C21H12F6O2. The lowest BCUT2D eigenvalue weighted by Gasteiger charge is -2.24. The van der Waals surface area contributed by atoms with Gasteiger partial charge in [0.15, 0.2) is 0 Å². The van der Waals surface area contributed by atoms with Gasteiger partial charge < -0.3 is 4.74 Å². The summed E-state index contributed by atoms with van der Waals surface area (Å²) in [5, 5.41) is 0. The third kappa shape index (κ3) is 3.83. The molecular weight excluding hydrogens is 398 g/mol. The van der Waals surface area contributed by atoms with Crippen LogP contribution in [0.2, 0.25) is 0 Å². The van der Waals surface area contributed by atoms with Crippen molar-refractivity contribution in [3.8, 4) is 5.75 Å². The van der Waals surface area contributed by atoms with Gasteiger partial charge in [-0.2, -0.15) is 8.78 Å². The van der Waals surface area contributed by atoms with E-state index in [1.54, 1.807) is 24.3 Å². The van der Waals surface area contributed by atoms with Crippen LogP contribution in [0.5, 0.6) is 5.75 Å². The van der Waals surface area contributed by atoms with E-state index in [1.165, 1.54) is 36.4 Å². The second-order valence-electron chi connectivity index (χ2n) is 6.12. The Labute approximate surface area is 161 Å². The number of rotatable bonds is 5. The highest BCUT2D eigenvalue weighted by molar-refractivity contribution is 5.83. The number of benzene rings is 3. The molecule has 0 saturated carbocycles. The molecule has 3 aromatic rings. The summed E-state index contributed by atoms with van der Waals surface area (Å²) in [7, 11) is 0. The fraction of sp³-hybridized carbons (Fsp3) is 0.0952. The maximum atomic E-state index is 15.9. The van der Waals surface area contributed by atoms with Gasteiger partial charge in [0.05, 0.1) is 0 Å². The zero-order chi connectivity index (χ0) is 21.2. The summed E-state index contributed by atoms with van der Waals surface area (Å²) in [5.41, 5.74) is -2.83. The molecule has 0 aliphatic rings. The van der Waals surface area contributed by atoms with E-state index in [0.29, 0.717) is 5.56 Å². The number of alkyl halides is 1. The zero-order valence-electron chi connectivity index (χ0n) is 14.6. The number of hydrogen-bond acceptors (Lipinski definition) is 2. The van der Waals surface area contributed by atoms with E-state index < -0.39 is 52.9 Å². The Balaban J connectivity index is 2.05. The monoisotopic (exact) mass is 410 g/mol. The molecule has 0 aliphatic heterocycles. The number of hydrogen-bond donors (Lipinski definition) is 0. The molecule has 2 nitrogen and oxygen atoms in total. The Morgan fingerprint density at radius 2 is 1.17 bits per heavy atom. The van der Waals surface area contributed by atoms with Crippen molar-refractivity contribution < 1.29 is 35.9 Å². The average Bonchev–Trinajstić information content (AvgIpc) is 2.75. The smallest absolute Gasteiger partial charge is 0.354 e. The molecule has 0 aromatic heterocycles. The minimum atomic E-state index is -2.96. The van der Waals surface area contributed by atoms with E-state index in [2.05, 4.69) is 4.74 Å². The minimum Gasteiger partial charge on any atom is -0.417 e. The van der Waals surface area contributed by atoms with E-state index in [1.807, 2.05) is 0 Å². The number of esters is 1. The van der Waals surface area contributed by atoms with Crippen LogP contribution in [-0.2, 0) is 16.9 Å². The molecule has 0 N–H and O–H groups in total. The Bertz CT molecular complexity index is 1010. The lowest BCUT2D eigenvalue weighted by atomic mass is 9.89. The van der Waals surface area contributed by atoms with Crippen molar-refractivity contribution in [3.05, 3.63) is 101 Å². The first-order chi connectivity index (χ1) is 13.8. The van der Waals surface area contributed by atoms with Gasteiger partial charge >= 0.3 is 5.97 Å². The van der Waals surface area contributed by atoms with Crippen LogP contribution in [-0.4, -0.2) is 5.97 Å². The Kier molecular flexibility index (Phi) is 5.63. The lowest BCUT2D eigenvalue weighted by molar-refractivity contribution is -0.149. The molecule has 0 amide bonds. The number of carbonyl (C=O) groups excluding carboxylic acids is 1. The number of ether oxygens (including phenoxy) is 1. The highest BCUT2D eigenvalue weighted by atomic mass is 19.2. The number of carbonyl (C=O) groups is 1. The van der Waals surface area contributed by atoms with Gasteiger partial charge in [-0.05, 0) is 5.56 Å². The van der Waals surface area contributed by atoms with Crippen LogP contribution < -0.4 is 4.74 Å². The summed E-state index contributed by atoms with van der Waals surface area (Å²) in [5.74, 6) is -15.5. The quantitative estimate of drug-likeness (QED) is 0.185. The van der Waals surface area contributed by atoms with Crippen molar-refractivity contribution >= 4 is 5.97 Å². The van der Waals surface area contributed by atoms with E-state index in [0.717, 1.165) is 0 Å². The summed E-state index contributed by atoms with van der Waals surface area (Å²) < 4.78 is 87.9. The molecule has 1 atom stereocenters. The molecule has 0 radical (unpaired) electrons. The molecule has 150 valence electrons. The molecule has 0 saturated heterocycles. The maximum absolute atomic E-state index is 15.9. The van der Waals surface area contributed by atoms with E-state index in [9.17, 15) is 26.7 Å². The van der Waals surface area contributed by atoms with Crippen molar-refractivity contribution in [2.45, 2.75) is 12.1 Å². The van der Waals surface area contributed by atoms with Gasteiger partial charge in [0.2, 0.25) is 40.5 Å². The Hall–Kier alpha value is -3.29. The van der Waals surface area contributed by atoms with Crippen molar-refractivity contribution in [2.24, 2.45) is 0 Å². The van der Waals surface area contributed by atoms with E-state index in [-0.39, 0.29) is 5.56 Å². The predicted molar refractivity (Wildman–Crippen MR) is 91.2 cm³/mol. The van der Waals surface area contributed by atoms with Crippen LogP contribution in [0.3, 0.4) is 0 Å². The SMILES string of the molecule is O=C(Oc1c(F)c(F)c(F)c(F)c1F)[C@@](F)(Cc1ccccc1)c1ccccc1. The second-order valence-corrected chi connectivity index (χ2v) is 6.12. The molecule has 0 spiro atoms. The summed E-state index contributed by atoms with van der Waals surface area (Å²) >= 11 is 0.